The zero-order valence-corrected chi connectivity index (χ0v) is 13.2. The van der Waals surface area contributed by atoms with Crippen LogP contribution in [0.15, 0.2) is 55.2 Å². The number of fused-ring (bicyclic) bond motifs is 1. The van der Waals surface area contributed by atoms with Crippen LogP contribution in [-0.2, 0) is 6.54 Å². The van der Waals surface area contributed by atoms with Crippen LogP contribution >= 0.6 is 0 Å². The number of hydrogen-bond acceptors (Lipinski definition) is 5. The van der Waals surface area contributed by atoms with Gasteiger partial charge in [0.25, 0.3) is 0 Å². The third-order valence-electron chi connectivity index (χ3n) is 3.95. The van der Waals surface area contributed by atoms with Crippen molar-refractivity contribution < 1.29 is 5.11 Å². The highest BCUT2D eigenvalue weighted by molar-refractivity contribution is 5.81. The van der Waals surface area contributed by atoms with E-state index in [0.29, 0.717) is 17.9 Å². The second kappa shape index (κ2) is 6.19. The summed E-state index contributed by atoms with van der Waals surface area (Å²) in [5.41, 5.74) is 4.49. The summed E-state index contributed by atoms with van der Waals surface area (Å²) in [6.45, 7) is 0.454. The topological polar surface area (TPSA) is 92.0 Å². The molecule has 0 amide bonds. The van der Waals surface area contributed by atoms with Crippen molar-refractivity contribution in [3.05, 3.63) is 60.9 Å². The van der Waals surface area contributed by atoms with Gasteiger partial charge in [-0.1, -0.05) is 0 Å². The summed E-state index contributed by atoms with van der Waals surface area (Å²) in [4.78, 5) is 8.80. The van der Waals surface area contributed by atoms with Gasteiger partial charge in [-0.15, -0.1) is 0 Å². The lowest BCUT2D eigenvalue weighted by Gasteiger charge is -2.08. The molecular formula is C18H14N6O. The number of aromatic nitrogens is 5. The summed E-state index contributed by atoms with van der Waals surface area (Å²) in [6.07, 6.45) is 9.11. The van der Waals surface area contributed by atoms with Crippen LogP contribution in [0.4, 0.5) is 0 Å². The smallest absolute Gasteiger partial charge is 0.141 e. The number of rotatable bonds is 4. The van der Waals surface area contributed by atoms with Crippen LogP contribution in [0.2, 0.25) is 0 Å². The normalized spacial score (nSPS) is 10.9. The van der Waals surface area contributed by atoms with Gasteiger partial charge in [-0.3, -0.25) is 4.68 Å². The molecule has 0 unspecified atom stereocenters. The van der Waals surface area contributed by atoms with Gasteiger partial charge in [0, 0.05) is 41.5 Å². The van der Waals surface area contributed by atoms with E-state index in [1.54, 1.807) is 23.1 Å². The van der Waals surface area contributed by atoms with Crippen molar-refractivity contribution in [1.29, 1.82) is 5.26 Å². The molecule has 4 aromatic rings. The Morgan fingerprint density at radius 2 is 2.08 bits per heavy atom. The van der Waals surface area contributed by atoms with E-state index in [1.165, 1.54) is 0 Å². The van der Waals surface area contributed by atoms with Gasteiger partial charge in [-0.25, -0.2) is 9.97 Å². The lowest BCUT2D eigenvalue weighted by atomic mass is 10.0. The number of imidazole rings is 1. The second-order valence-electron chi connectivity index (χ2n) is 5.53. The SMILES string of the molecule is N#Cc1ccc(-c2cnn(CCO)c2)c(-c2ccn3ccnc3c2)n1. The van der Waals surface area contributed by atoms with Crippen molar-refractivity contribution in [2.75, 3.05) is 6.61 Å². The lowest BCUT2D eigenvalue weighted by molar-refractivity contribution is 0.269. The fourth-order valence-electron chi connectivity index (χ4n) is 2.76. The molecule has 122 valence electrons. The summed E-state index contributed by atoms with van der Waals surface area (Å²) in [7, 11) is 0. The van der Waals surface area contributed by atoms with Gasteiger partial charge in [-0.2, -0.15) is 10.4 Å². The number of pyridine rings is 2. The molecule has 0 spiro atoms. The fourth-order valence-corrected chi connectivity index (χ4v) is 2.76. The van der Waals surface area contributed by atoms with Crippen molar-refractivity contribution in [3.63, 3.8) is 0 Å². The van der Waals surface area contributed by atoms with Crippen LogP contribution in [0.5, 0.6) is 0 Å². The van der Waals surface area contributed by atoms with E-state index < -0.39 is 0 Å². The van der Waals surface area contributed by atoms with Crippen molar-refractivity contribution >= 4 is 5.65 Å². The zero-order chi connectivity index (χ0) is 17.2. The Morgan fingerprint density at radius 1 is 1.16 bits per heavy atom. The standard InChI is InChI=1S/C18H14N6O/c19-10-15-1-2-16(14-11-21-24(12-14)7-8-25)18(22-15)13-3-5-23-6-4-20-17(23)9-13/h1-6,9,11-12,25H,7-8H2. The van der Waals surface area contributed by atoms with E-state index >= 15 is 0 Å². The minimum absolute atomic E-state index is 0.0240. The van der Waals surface area contributed by atoms with E-state index in [2.05, 4.69) is 21.1 Å². The van der Waals surface area contributed by atoms with Gasteiger partial charge in [-0.05, 0) is 24.3 Å². The van der Waals surface area contributed by atoms with Crippen molar-refractivity contribution in [3.8, 4) is 28.5 Å². The van der Waals surface area contributed by atoms with Crippen molar-refractivity contribution in [2.45, 2.75) is 6.54 Å². The maximum absolute atomic E-state index is 9.21. The molecule has 0 saturated carbocycles. The van der Waals surface area contributed by atoms with Gasteiger partial charge in [0.05, 0.1) is 25.0 Å². The van der Waals surface area contributed by atoms with Crippen LogP contribution in [0.25, 0.3) is 28.0 Å². The maximum atomic E-state index is 9.21. The predicted octanol–water partition coefficient (Wildman–Crippen LogP) is 2.12. The van der Waals surface area contributed by atoms with E-state index in [4.69, 9.17) is 5.11 Å². The number of aliphatic hydroxyl groups is 1. The fraction of sp³-hybridized carbons (Fsp3) is 0.111. The monoisotopic (exact) mass is 330 g/mol. The first kappa shape index (κ1) is 15.1. The van der Waals surface area contributed by atoms with Crippen LogP contribution in [0, 0.1) is 11.3 Å². The second-order valence-corrected chi connectivity index (χ2v) is 5.53. The first-order chi connectivity index (χ1) is 12.3. The highest BCUT2D eigenvalue weighted by Crippen LogP contribution is 2.31. The minimum Gasteiger partial charge on any atom is -0.394 e. The van der Waals surface area contributed by atoms with E-state index in [1.807, 2.05) is 41.2 Å². The van der Waals surface area contributed by atoms with E-state index in [0.717, 1.165) is 22.3 Å². The van der Waals surface area contributed by atoms with Crippen LogP contribution in [0.1, 0.15) is 5.69 Å². The molecule has 4 heterocycles. The largest absolute Gasteiger partial charge is 0.394 e. The van der Waals surface area contributed by atoms with Gasteiger partial charge in [0.1, 0.15) is 17.4 Å². The summed E-state index contributed by atoms with van der Waals surface area (Å²) in [5.74, 6) is 0. The molecule has 7 heteroatoms. The molecule has 0 saturated heterocycles. The number of nitriles is 1. The van der Waals surface area contributed by atoms with Crippen molar-refractivity contribution in [2.24, 2.45) is 0 Å². The molecule has 4 aromatic heterocycles. The molecule has 0 aliphatic heterocycles. The first-order valence-electron chi connectivity index (χ1n) is 7.76. The van der Waals surface area contributed by atoms with E-state index in [9.17, 15) is 5.26 Å². The van der Waals surface area contributed by atoms with E-state index in [-0.39, 0.29) is 6.61 Å². The summed E-state index contributed by atoms with van der Waals surface area (Å²) in [6, 6.07) is 9.53. The Kier molecular flexibility index (Phi) is 3.72. The Hall–Kier alpha value is -3.50. The molecule has 0 fully saturated rings. The molecular weight excluding hydrogens is 316 g/mol. The summed E-state index contributed by atoms with van der Waals surface area (Å²) >= 11 is 0. The molecule has 0 bridgehead atoms. The molecule has 0 aromatic carbocycles. The average Bonchev–Trinajstić information content (AvgIpc) is 3.30. The maximum Gasteiger partial charge on any atom is 0.141 e. The molecule has 1 N–H and O–H groups in total. The highest BCUT2D eigenvalue weighted by Gasteiger charge is 2.13. The van der Waals surface area contributed by atoms with Crippen molar-refractivity contribution in [1.82, 2.24) is 24.1 Å². The Bertz CT molecular complexity index is 1090. The predicted molar refractivity (Wildman–Crippen MR) is 91.4 cm³/mol. The number of nitrogens with zero attached hydrogens (tertiary/aromatic N) is 6. The lowest BCUT2D eigenvalue weighted by Crippen LogP contribution is -2.01. The van der Waals surface area contributed by atoms with Gasteiger partial charge in [0.15, 0.2) is 0 Å². The van der Waals surface area contributed by atoms with Gasteiger partial charge < -0.3 is 9.51 Å². The van der Waals surface area contributed by atoms with Crippen LogP contribution < -0.4 is 0 Å². The van der Waals surface area contributed by atoms with Gasteiger partial charge >= 0.3 is 0 Å². The minimum atomic E-state index is 0.0240. The number of hydrogen-bond donors (Lipinski definition) is 1. The Labute approximate surface area is 143 Å². The Morgan fingerprint density at radius 3 is 2.92 bits per heavy atom. The third-order valence-corrected chi connectivity index (χ3v) is 3.95. The highest BCUT2D eigenvalue weighted by atomic mass is 16.3. The Balaban J connectivity index is 1.88. The number of aliphatic hydroxyl groups excluding tert-OH is 1. The zero-order valence-electron chi connectivity index (χ0n) is 13.2. The molecule has 4 rings (SSSR count). The average molecular weight is 330 g/mol. The molecule has 0 radical (unpaired) electrons. The molecule has 25 heavy (non-hydrogen) atoms. The first-order valence-corrected chi connectivity index (χ1v) is 7.76. The molecule has 0 aliphatic rings. The molecule has 0 aliphatic carbocycles. The van der Waals surface area contributed by atoms with Gasteiger partial charge in [0.2, 0.25) is 0 Å². The third kappa shape index (κ3) is 2.75. The quantitative estimate of drug-likeness (QED) is 0.619. The van der Waals surface area contributed by atoms with Crippen LogP contribution in [-0.4, -0.2) is 35.9 Å². The van der Waals surface area contributed by atoms with Crippen LogP contribution in [0.3, 0.4) is 0 Å². The summed E-state index contributed by atoms with van der Waals surface area (Å²) < 4.78 is 3.59. The molecule has 7 nitrogen and oxygen atoms in total. The molecule has 0 atom stereocenters. The summed E-state index contributed by atoms with van der Waals surface area (Å²) in [5, 5.41) is 22.5.